The lowest BCUT2D eigenvalue weighted by molar-refractivity contribution is 0.735. The molecule has 0 aliphatic rings. The maximum atomic E-state index is 4.72. The Labute approximate surface area is 179 Å². The second-order valence-electron chi connectivity index (χ2n) is 7.25. The van der Waals surface area contributed by atoms with Crippen LogP contribution in [0.15, 0.2) is 53.7 Å². The lowest BCUT2D eigenvalue weighted by Crippen LogP contribution is -2.41. The van der Waals surface area contributed by atoms with Crippen molar-refractivity contribution in [2.24, 2.45) is 4.99 Å². The highest BCUT2D eigenvalue weighted by atomic mass is 15.2. The van der Waals surface area contributed by atoms with Gasteiger partial charge in [0.25, 0.3) is 0 Å². The number of hydrogen-bond acceptors (Lipinski definition) is 4. The Balaban J connectivity index is 1.48. The highest BCUT2D eigenvalue weighted by Crippen LogP contribution is 2.15. The third-order valence-electron chi connectivity index (χ3n) is 4.98. The summed E-state index contributed by atoms with van der Waals surface area (Å²) in [5.74, 6) is 1.85. The molecule has 0 unspecified atom stereocenters. The highest BCUT2D eigenvalue weighted by molar-refractivity contribution is 5.79. The van der Waals surface area contributed by atoms with E-state index in [1.54, 1.807) is 0 Å². The Morgan fingerprint density at radius 3 is 2.80 bits per heavy atom. The summed E-state index contributed by atoms with van der Waals surface area (Å²) >= 11 is 0. The van der Waals surface area contributed by atoms with Crippen molar-refractivity contribution >= 4 is 17.3 Å². The Morgan fingerprint density at radius 2 is 2.00 bits per heavy atom. The van der Waals surface area contributed by atoms with Gasteiger partial charge >= 0.3 is 0 Å². The number of likely N-dealkylation sites (N-methyl/N-ethyl adjacent to an activating group) is 1. The van der Waals surface area contributed by atoms with Crippen LogP contribution in [-0.4, -0.2) is 53.3 Å². The van der Waals surface area contributed by atoms with Crippen molar-refractivity contribution in [1.82, 2.24) is 25.2 Å². The molecular weight excluding hydrogens is 374 g/mol. The molecular formula is C23H33N7. The van der Waals surface area contributed by atoms with Crippen LogP contribution in [0.1, 0.15) is 31.7 Å². The number of anilines is 1. The van der Waals surface area contributed by atoms with E-state index >= 15 is 0 Å². The average Bonchev–Trinajstić information content (AvgIpc) is 3.17. The summed E-state index contributed by atoms with van der Waals surface area (Å²) in [5.41, 5.74) is 3.44. The number of fused-ring (bicyclic) bond motifs is 1. The minimum atomic E-state index is 0.743. The van der Waals surface area contributed by atoms with Crippen LogP contribution in [0.25, 0.3) is 5.65 Å². The number of rotatable bonds is 10. The van der Waals surface area contributed by atoms with Gasteiger partial charge < -0.3 is 15.5 Å². The normalized spacial score (nSPS) is 11.6. The van der Waals surface area contributed by atoms with Gasteiger partial charge in [-0.05, 0) is 57.0 Å². The van der Waals surface area contributed by atoms with Crippen LogP contribution in [-0.2, 0) is 6.42 Å². The zero-order valence-electron chi connectivity index (χ0n) is 18.3. The molecule has 2 aromatic heterocycles. The molecule has 30 heavy (non-hydrogen) atoms. The quantitative estimate of drug-likeness (QED) is 0.307. The summed E-state index contributed by atoms with van der Waals surface area (Å²) in [5, 5.41) is 15.3. The summed E-state index contributed by atoms with van der Waals surface area (Å²) in [6.45, 7) is 10.7. The molecule has 160 valence electrons. The molecule has 0 spiro atoms. The van der Waals surface area contributed by atoms with Gasteiger partial charge in [0.15, 0.2) is 11.6 Å². The standard InChI is InChI=1S/C23H33N7/c1-4-24-23(26-15-17-29(5-2)20-11-8-10-19(3)18-20)25-14-9-13-22-28-27-21-12-6-7-16-30(21)22/h6-8,10-12,16,18H,4-5,9,13-15,17H2,1-3H3,(H2,24,25,26). The number of aryl methyl sites for hydroxylation is 2. The van der Waals surface area contributed by atoms with Crippen LogP contribution in [0, 0.1) is 6.92 Å². The van der Waals surface area contributed by atoms with Crippen LogP contribution in [0.4, 0.5) is 5.69 Å². The van der Waals surface area contributed by atoms with E-state index in [-0.39, 0.29) is 0 Å². The summed E-state index contributed by atoms with van der Waals surface area (Å²) in [4.78, 5) is 7.10. The number of nitrogens with zero attached hydrogens (tertiary/aromatic N) is 5. The zero-order chi connectivity index (χ0) is 21.2. The molecule has 0 aliphatic carbocycles. The van der Waals surface area contributed by atoms with E-state index in [1.807, 2.05) is 28.8 Å². The van der Waals surface area contributed by atoms with Crippen molar-refractivity contribution < 1.29 is 0 Å². The molecule has 2 N–H and O–H groups in total. The first kappa shape index (κ1) is 21.6. The predicted octanol–water partition coefficient (Wildman–Crippen LogP) is 3.05. The number of guanidine groups is 1. The maximum Gasteiger partial charge on any atom is 0.191 e. The lowest BCUT2D eigenvalue weighted by Gasteiger charge is -2.24. The first-order chi connectivity index (χ1) is 14.7. The fourth-order valence-electron chi connectivity index (χ4n) is 3.43. The molecule has 0 atom stereocenters. The van der Waals surface area contributed by atoms with Crippen molar-refractivity contribution in [3.8, 4) is 0 Å². The Bertz CT molecular complexity index is 947. The molecule has 0 saturated heterocycles. The largest absolute Gasteiger partial charge is 0.370 e. The van der Waals surface area contributed by atoms with Crippen LogP contribution in [0.2, 0.25) is 0 Å². The summed E-state index contributed by atoms with van der Waals surface area (Å²) < 4.78 is 2.04. The van der Waals surface area contributed by atoms with Gasteiger partial charge in [-0.3, -0.25) is 9.39 Å². The number of nitrogens with one attached hydrogen (secondary N) is 2. The average molecular weight is 408 g/mol. The van der Waals surface area contributed by atoms with Gasteiger partial charge in [0.05, 0.1) is 0 Å². The minimum Gasteiger partial charge on any atom is -0.370 e. The fraction of sp³-hybridized carbons (Fsp3) is 0.435. The van der Waals surface area contributed by atoms with Crippen LogP contribution >= 0.6 is 0 Å². The van der Waals surface area contributed by atoms with E-state index < -0.39 is 0 Å². The van der Waals surface area contributed by atoms with Gasteiger partial charge in [0.1, 0.15) is 5.82 Å². The van der Waals surface area contributed by atoms with Gasteiger partial charge in [0, 0.05) is 51.0 Å². The van der Waals surface area contributed by atoms with E-state index in [9.17, 15) is 0 Å². The smallest absolute Gasteiger partial charge is 0.191 e. The van der Waals surface area contributed by atoms with Crippen LogP contribution in [0.3, 0.4) is 0 Å². The topological polar surface area (TPSA) is 69.8 Å². The molecule has 7 nitrogen and oxygen atoms in total. The molecule has 7 heteroatoms. The molecule has 0 radical (unpaired) electrons. The van der Waals surface area contributed by atoms with Crippen molar-refractivity contribution in [3.05, 3.63) is 60.0 Å². The minimum absolute atomic E-state index is 0.743. The number of benzene rings is 1. The first-order valence-electron chi connectivity index (χ1n) is 10.8. The van der Waals surface area contributed by atoms with Crippen molar-refractivity contribution in [3.63, 3.8) is 0 Å². The predicted molar refractivity (Wildman–Crippen MR) is 124 cm³/mol. The maximum absolute atomic E-state index is 4.72. The summed E-state index contributed by atoms with van der Waals surface area (Å²) in [6, 6.07) is 14.6. The number of pyridine rings is 1. The molecule has 0 amide bonds. The zero-order valence-corrected chi connectivity index (χ0v) is 18.3. The molecule has 0 aliphatic heterocycles. The van der Waals surface area contributed by atoms with E-state index in [0.29, 0.717) is 0 Å². The van der Waals surface area contributed by atoms with E-state index in [4.69, 9.17) is 4.99 Å². The Morgan fingerprint density at radius 1 is 1.10 bits per heavy atom. The lowest BCUT2D eigenvalue weighted by atomic mass is 10.2. The van der Waals surface area contributed by atoms with Gasteiger partial charge in [-0.25, -0.2) is 0 Å². The molecule has 0 fully saturated rings. The molecule has 0 bridgehead atoms. The van der Waals surface area contributed by atoms with Crippen molar-refractivity contribution in [1.29, 1.82) is 0 Å². The van der Waals surface area contributed by atoms with Crippen LogP contribution < -0.4 is 15.5 Å². The molecule has 3 aromatic rings. The second kappa shape index (κ2) is 11.2. The van der Waals surface area contributed by atoms with Crippen molar-refractivity contribution in [2.75, 3.05) is 37.6 Å². The van der Waals surface area contributed by atoms with Gasteiger partial charge in [-0.2, -0.15) is 0 Å². The Hall–Kier alpha value is -3.09. The highest BCUT2D eigenvalue weighted by Gasteiger charge is 2.06. The second-order valence-corrected chi connectivity index (χ2v) is 7.25. The van der Waals surface area contributed by atoms with E-state index in [0.717, 1.165) is 63.0 Å². The molecule has 3 rings (SSSR count). The number of hydrogen-bond donors (Lipinski definition) is 2. The SMILES string of the molecule is CCNC(=NCCCc1nnc2ccccn12)NCCN(CC)c1cccc(C)c1. The van der Waals surface area contributed by atoms with Gasteiger partial charge in [-0.15, -0.1) is 10.2 Å². The van der Waals surface area contributed by atoms with E-state index in [2.05, 4.69) is 70.8 Å². The fourth-order valence-corrected chi connectivity index (χ4v) is 3.43. The molecule has 1 aromatic carbocycles. The first-order valence-corrected chi connectivity index (χ1v) is 10.8. The summed E-state index contributed by atoms with van der Waals surface area (Å²) in [7, 11) is 0. The number of aromatic nitrogens is 3. The van der Waals surface area contributed by atoms with Gasteiger partial charge in [0.2, 0.25) is 0 Å². The summed E-state index contributed by atoms with van der Waals surface area (Å²) in [6.07, 6.45) is 3.79. The van der Waals surface area contributed by atoms with Crippen LogP contribution in [0.5, 0.6) is 0 Å². The van der Waals surface area contributed by atoms with Crippen molar-refractivity contribution in [2.45, 2.75) is 33.6 Å². The van der Waals surface area contributed by atoms with Gasteiger partial charge in [-0.1, -0.05) is 18.2 Å². The molecule has 0 saturated carbocycles. The molecule has 2 heterocycles. The Kier molecular flexibility index (Phi) is 8.06. The third-order valence-corrected chi connectivity index (χ3v) is 4.98. The monoisotopic (exact) mass is 407 g/mol. The third kappa shape index (κ3) is 5.95. The number of aliphatic imine (C=N–C) groups is 1. The van der Waals surface area contributed by atoms with E-state index in [1.165, 1.54) is 11.3 Å².